The molecule has 0 saturated heterocycles. The number of nitrogens with two attached hydrogens (primary N) is 1. The number of hydrogen-bond donors (Lipinski definition) is 1. The van der Waals surface area contributed by atoms with Crippen molar-refractivity contribution in [3.8, 4) is 0 Å². The van der Waals surface area contributed by atoms with Gasteiger partial charge in [-0.2, -0.15) is 0 Å². The van der Waals surface area contributed by atoms with E-state index in [-0.39, 0.29) is 17.4 Å². The molecule has 0 aliphatic rings. The van der Waals surface area contributed by atoms with Gasteiger partial charge in [0.2, 0.25) is 0 Å². The summed E-state index contributed by atoms with van der Waals surface area (Å²) in [6.45, 7) is 2.43. The second-order valence-electron chi connectivity index (χ2n) is 3.85. The van der Waals surface area contributed by atoms with E-state index >= 15 is 0 Å². The summed E-state index contributed by atoms with van der Waals surface area (Å²) < 4.78 is 0. The fraction of sp³-hybridized carbons (Fsp3) is 0.273. The third kappa shape index (κ3) is 2.62. The molecule has 1 amide bonds. The Kier molecular flexibility index (Phi) is 3.52. The molecule has 6 nitrogen and oxygen atoms in total. The lowest BCUT2D eigenvalue weighted by Gasteiger charge is -2.15. The maximum Gasteiger partial charge on any atom is 0.274 e. The summed E-state index contributed by atoms with van der Waals surface area (Å²) in [5.74, 6) is 0.0332. The first-order valence-electron chi connectivity index (χ1n) is 5.30. The predicted octanol–water partition coefficient (Wildman–Crippen LogP) is 1.10. The van der Waals surface area contributed by atoms with E-state index in [0.717, 1.165) is 10.6 Å². The second-order valence-corrected chi connectivity index (χ2v) is 4.79. The Bertz CT molecular complexity index is 568. The Morgan fingerprint density at radius 2 is 2.28 bits per heavy atom. The maximum atomic E-state index is 12.1. The lowest BCUT2D eigenvalue weighted by Crippen LogP contribution is -2.27. The molecule has 0 fully saturated rings. The zero-order valence-corrected chi connectivity index (χ0v) is 10.9. The van der Waals surface area contributed by atoms with Crippen molar-refractivity contribution in [1.82, 2.24) is 19.9 Å². The lowest BCUT2D eigenvalue weighted by atomic mass is 10.3. The predicted molar refractivity (Wildman–Crippen MR) is 69.1 cm³/mol. The van der Waals surface area contributed by atoms with Crippen molar-refractivity contribution < 1.29 is 4.79 Å². The van der Waals surface area contributed by atoms with Crippen LogP contribution in [0, 0.1) is 6.92 Å². The van der Waals surface area contributed by atoms with Crippen molar-refractivity contribution in [2.45, 2.75) is 13.5 Å². The van der Waals surface area contributed by atoms with Crippen LogP contribution < -0.4 is 5.73 Å². The highest BCUT2D eigenvalue weighted by Crippen LogP contribution is 2.15. The number of carbonyl (C=O) groups is 1. The van der Waals surface area contributed by atoms with Crippen LogP contribution in [0.2, 0.25) is 0 Å². The zero-order chi connectivity index (χ0) is 13.1. The van der Waals surface area contributed by atoms with Gasteiger partial charge < -0.3 is 10.6 Å². The van der Waals surface area contributed by atoms with Crippen LogP contribution in [0.25, 0.3) is 0 Å². The zero-order valence-electron chi connectivity index (χ0n) is 10.1. The highest BCUT2D eigenvalue weighted by atomic mass is 32.1. The molecule has 2 rings (SSSR count). The fourth-order valence-corrected chi connectivity index (χ4v) is 2.27. The van der Waals surface area contributed by atoms with Crippen LogP contribution in [-0.4, -0.2) is 32.8 Å². The summed E-state index contributed by atoms with van der Waals surface area (Å²) >= 11 is 1.53. The standard InChI is InChI=1S/C11H13N5OS/c1-7-9(18-6-14-7)5-16(2)11(17)8-3-13-4-10(12)15-8/h3-4,6H,5H2,1-2H3,(H2,12,15). The maximum absolute atomic E-state index is 12.1. The van der Waals surface area contributed by atoms with E-state index < -0.39 is 0 Å². The van der Waals surface area contributed by atoms with Gasteiger partial charge in [-0.05, 0) is 6.92 Å². The lowest BCUT2D eigenvalue weighted by molar-refractivity contribution is 0.0780. The summed E-state index contributed by atoms with van der Waals surface area (Å²) in [6, 6.07) is 0. The van der Waals surface area contributed by atoms with Crippen molar-refractivity contribution in [1.29, 1.82) is 0 Å². The Hall–Kier alpha value is -2.02. The van der Waals surface area contributed by atoms with E-state index in [2.05, 4.69) is 15.0 Å². The second kappa shape index (κ2) is 5.09. The molecule has 0 unspecified atom stereocenters. The Morgan fingerprint density at radius 1 is 1.50 bits per heavy atom. The van der Waals surface area contributed by atoms with Crippen LogP contribution in [0.4, 0.5) is 5.82 Å². The number of thiazole rings is 1. The van der Waals surface area contributed by atoms with Crippen LogP contribution >= 0.6 is 11.3 Å². The van der Waals surface area contributed by atoms with Crippen molar-refractivity contribution >= 4 is 23.1 Å². The number of aromatic nitrogens is 3. The molecule has 7 heteroatoms. The molecule has 0 atom stereocenters. The van der Waals surface area contributed by atoms with E-state index in [0.29, 0.717) is 6.54 Å². The van der Waals surface area contributed by atoms with Gasteiger partial charge in [0.1, 0.15) is 11.5 Å². The van der Waals surface area contributed by atoms with E-state index in [1.807, 2.05) is 6.92 Å². The van der Waals surface area contributed by atoms with Crippen molar-refractivity contribution in [3.05, 3.63) is 34.2 Å². The summed E-state index contributed by atoms with van der Waals surface area (Å²) in [4.78, 5) is 26.7. The first kappa shape index (κ1) is 12.4. The molecule has 94 valence electrons. The average molecular weight is 263 g/mol. The number of nitrogen functional groups attached to an aromatic ring is 1. The Balaban J connectivity index is 2.12. The molecule has 0 radical (unpaired) electrons. The van der Waals surface area contributed by atoms with Gasteiger partial charge in [0, 0.05) is 11.9 Å². The molecule has 0 spiro atoms. The monoisotopic (exact) mass is 263 g/mol. The molecule has 0 aliphatic carbocycles. The molecule has 2 aromatic rings. The third-order valence-corrected chi connectivity index (χ3v) is 3.36. The van der Waals surface area contributed by atoms with E-state index in [1.54, 1.807) is 17.5 Å². The van der Waals surface area contributed by atoms with Gasteiger partial charge in [0.05, 0.1) is 30.1 Å². The molecule has 0 bridgehead atoms. The number of carbonyl (C=O) groups excluding carboxylic acids is 1. The van der Waals surface area contributed by atoms with Crippen LogP contribution in [-0.2, 0) is 6.54 Å². The topological polar surface area (TPSA) is 85.0 Å². The van der Waals surface area contributed by atoms with Gasteiger partial charge in [0.25, 0.3) is 5.91 Å². The number of anilines is 1. The van der Waals surface area contributed by atoms with E-state index in [4.69, 9.17) is 5.73 Å². The van der Waals surface area contributed by atoms with E-state index in [1.165, 1.54) is 23.7 Å². The van der Waals surface area contributed by atoms with Crippen molar-refractivity contribution in [3.63, 3.8) is 0 Å². The third-order valence-electron chi connectivity index (χ3n) is 2.44. The van der Waals surface area contributed by atoms with Crippen molar-refractivity contribution in [2.75, 3.05) is 12.8 Å². The normalized spacial score (nSPS) is 10.3. The highest BCUT2D eigenvalue weighted by molar-refractivity contribution is 7.09. The summed E-state index contributed by atoms with van der Waals surface area (Å²) in [5, 5.41) is 0. The minimum Gasteiger partial charge on any atom is -0.382 e. The van der Waals surface area contributed by atoms with Crippen LogP contribution in [0.1, 0.15) is 21.1 Å². The molecule has 0 aliphatic heterocycles. The van der Waals surface area contributed by atoms with Gasteiger partial charge in [0.15, 0.2) is 0 Å². The summed E-state index contributed by atoms with van der Waals surface area (Å²) in [5.41, 5.74) is 8.46. The molecule has 2 heterocycles. The number of nitrogens with zero attached hydrogens (tertiary/aromatic N) is 4. The summed E-state index contributed by atoms with van der Waals surface area (Å²) in [6.07, 6.45) is 2.82. The van der Waals surface area contributed by atoms with Gasteiger partial charge in [-0.15, -0.1) is 11.3 Å². The van der Waals surface area contributed by atoms with Crippen LogP contribution in [0.5, 0.6) is 0 Å². The highest BCUT2D eigenvalue weighted by Gasteiger charge is 2.15. The molecule has 2 N–H and O–H groups in total. The first-order valence-corrected chi connectivity index (χ1v) is 6.18. The number of aryl methyl sites for hydroxylation is 1. The SMILES string of the molecule is Cc1ncsc1CN(C)C(=O)c1cncc(N)n1. The molecular weight excluding hydrogens is 250 g/mol. The number of hydrogen-bond acceptors (Lipinski definition) is 6. The van der Waals surface area contributed by atoms with Gasteiger partial charge in [-0.1, -0.05) is 0 Å². The number of rotatable bonds is 3. The van der Waals surface area contributed by atoms with E-state index in [9.17, 15) is 4.79 Å². The quantitative estimate of drug-likeness (QED) is 0.896. The summed E-state index contributed by atoms with van der Waals surface area (Å²) in [7, 11) is 1.71. The minimum absolute atomic E-state index is 0.206. The van der Waals surface area contributed by atoms with Gasteiger partial charge in [-0.3, -0.25) is 9.78 Å². The number of amides is 1. The molecular formula is C11H13N5OS. The molecule has 0 aromatic carbocycles. The van der Waals surface area contributed by atoms with Crippen LogP contribution in [0.3, 0.4) is 0 Å². The Labute approximate surface area is 109 Å². The Morgan fingerprint density at radius 3 is 2.89 bits per heavy atom. The average Bonchev–Trinajstić information content (AvgIpc) is 2.74. The molecule has 0 saturated carbocycles. The smallest absolute Gasteiger partial charge is 0.274 e. The molecule has 2 aromatic heterocycles. The largest absolute Gasteiger partial charge is 0.382 e. The van der Waals surface area contributed by atoms with Crippen molar-refractivity contribution in [2.24, 2.45) is 0 Å². The fourth-order valence-electron chi connectivity index (χ4n) is 1.44. The molecule has 18 heavy (non-hydrogen) atoms. The minimum atomic E-state index is -0.206. The van der Waals surface area contributed by atoms with Gasteiger partial charge >= 0.3 is 0 Å². The van der Waals surface area contributed by atoms with Crippen LogP contribution in [0.15, 0.2) is 17.9 Å². The first-order chi connectivity index (χ1) is 8.58. The van der Waals surface area contributed by atoms with Gasteiger partial charge in [-0.25, -0.2) is 9.97 Å².